The maximum atomic E-state index is 5.83. The highest BCUT2D eigenvalue weighted by atomic mass is 16.5. The molecule has 1 fully saturated rings. The monoisotopic (exact) mass is 262 g/mol. The molecule has 6 nitrogen and oxygen atoms in total. The van der Waals surface area contributed by atoms with Crippen LogP contribution in [-0.2, 0) is 11.8 Å². The molecule has 1 aliphatic rings. The van der Waals surface area contributed by atoms with Crippen LogP contribution >= 0.6 is 0 Å². The summed E-state index contributed by atoms with van der Waals surface area (Å²) in [7, 11) is 1.87. The molecule has 2 aromatic heterocycles. The van der Waals surface area contributed by atoms with Gasteiger partial charge >= 0.3 is 0 Å². The van der Waals surface area contributed by atoms with Crippen LogP contribution < -0.4 is 10.5 Å². The number of nitrogens with zero attached hydrogens (tertiary/aromatic N) is 3. The molecular weight excluding hydrogens is 244 g/mol. The van der Waals surface area contributed by atoms with Crippen molar-refractivity contribution in [2.45, 2.75) is 12.8 Å². The fourth-order valence-corrected chi connectivity index (χ4v) is 2.32. The second kappa shape index (κ2) is 5.05. The van der Waals surface area contributed by atoms with Crippen LogP contribution in [0.2, 0.25) is 0 Å². The average Bonchev–Trinajstić information content (AvgIpc) is 2.74. The van der Waals surface area contributed by atoms with Gasteiger partial charge < -0.3 is 15.2 Å². The van der Waals surface area contributed by atoms with E-state index >= 15 is 0 Å². The summed E-state index contributed by atoms with van der Waals surface area (Å²) in [5.74, 6) is 1.13. The van der Waals surface area contributed by atoms with Gasteiger partial charge in [0.15, 0.2) is 5.52 Å². The molecule has 2 N–H and O–H groups in total. The van der Waals surface area contributed by atoms with E-state index < -0.39 is 0 Å². The standard InChI is InChI=1S/C13H18N4O2/c1-17-11-6-10(14)7-15-12(11)13(16-17)19-8-9-2-4-18-5-3-9/h6-7,9H,2-5,8,14H2,1H3. The maximum Gasteiger partial charge on any atom is 0.259 e. The van der Waals surface area contributed by atoms with E-state index in [1.165, 1.54) is 0 Å². The third-order valence-electron chi connectivity index (χ3n) is 3.48. The summed E-state index contributed by atoms with van der Waals surface area (Å²) in [6.07, 6.45) is 3.72. The molecular formula is C13H18N4O2. The highest BCUT2D eigenvalue weighted by Gasteiger charge is 2.17. The number of rotatable bonds is 3. The Hall–Kier alpha value is -1.82. The second-order valence-electron chi connectivity index (χ2n) is 4.93. The van der Waals surface area contributed by atoms with Gasteiger partial charge in [-0.25, -0.2) is 4.98 Å². The minimum atomic E-state index is 0.541. The number of aromatic nitrogens is 3. The number of pyridine rings is 1. The predicted molar refractivity (Wildman–Crippen MR) is 72.0 cm³/mol. The van der Waals surface area contributed by atoms with Crippen LogP contribution in [0.3, 0.4) is 0 Å². The quantitative estimate of drug-likeness (QED) is 0.903. The lowest BCUT2D eigenvalue weighted by atomic mass is 10.0. The molecule has 102 valence electrons. The number of aryl methyl sites for hydroxylation is 1. The van der Waals surface area contributed by atoms with Gasteiger partial charge in [-0.3, -0.25) is 4.68 Å². The summed E-state index contributed by atoms with van der Waals surface area (Å²) < 4.78 is 12.9. The lowest BCUT2D eigenvalue weighted by Gasteiger charge is -2.21. The minimum Gasteiger partial charge on any atom is -0.475 e. The zero-order chi connectivity index (χ0) is 13.2. The number of nitrogens with two attached hydrogens (primary N) is 1. The largest absolute Gasteiger partial charge is 0.475 e. The van der Waals surface area contributed by atoms with Gasteiger partial charge in [-0.2, -0.15) is 0 Å². The topological polar surface area (TPSA) is 75.2 Å². The number of anilines is 1. The molecule has 0 saturated carbocycles. The van der Waals surface area contributed by atoms with Gasteiger partial charge in [0.05, 0.1) is 24.0 Å². The number of nitrogen functional groups attached to an aromatic ring is 1. The van der Waals surface area contributed by atoms with Gasteiger partial charge in [-0.05, 0) is 24.8 Å². The number of hydrogen-bond donors (Lipinski definition) is 1. The van der Waals surface area contributed by atoms with E-state index in [0.717, 1.165) is 37.1 Å². The molecule has 1 aliphatic heterocycles. The summed E-state index contributed by atoms with van der Waals surface area (Å²) in [5, 5.41) is 4.36. The van der Waals surface area contributed by atoms with Crippen molar-refractivity contribution in [2.75, 3.05) is 25.6 Å². The summed E-state index contributed by atoms with van der Waals surface area (Å²) in [4.78, 5) is 4.31. The first kappa shape index (κ1) is 12.2. The van der Waals surface area contributed by atoms with Crippen LogP contribution in [0.1, 0.15) is 12.8 Å². The highest BCUT2D eigenvalue weighted by Crippen LogP contribution is 2.25. The number of ether oxygens (including phenoxy) is 2. The zero-order valence-corrected chi connectivity index (χ0v) is 11.0. The lowest BCUT2D eigenvalue weighted by Crippen LogP contribution is -2.21. The Labute approximate surface area is 111 Å². The summed E-state index contributed by atoms with van der Waals surface area (Å²) in [5.41, 5.74) is 8.02. The number of hydrogen-bond acceptors (Lipinski definition) is 5. The van der Waals surface area contributed by atoms with E-state index in [1.807, 2.05) is 13.1 Å². The highest BCUT2D eigenvalue weighted by molar-refractivity contribution is 5.82. The van der Waals surface area contributed by atoms with Crippen LogP contribution in [0.25, 0.3) is 11.0 Å². The Balaban J connectivity index is 1.77. The first-order valence-corrected chi connectivity index (χ1v) is 6.53. The molecule has 6 heteroatoms. The van der Waals surface area contributed by atoms with E-state index in [0.29, 0.717) is 24.1 Å². The first-order chi connectivity index (χ1) is 9.24. The fourth-order valence-electron chi connectivity index (χ4n) is 2.32. The Kier molecular flexibility index (Phi) is 3.25. The van der Waals surface area contributed by atoms with Crippen LogP contribution in [0, 0.1) is 5.92 Å². The van der Waals surface area contributed by atoms with Gasteiger partial charge in [-0.15, -0.1) is 5.10 Å². The molecule has 0 aliphatic carbocycles. The fraction of sp³-hybridized carbons (Fsp3) is 0.538. The van der Waals surface area contributed by atoms with Crippen molar-refractivity contribution in [1.82, 2.24) is 14.8 Å². The lowest BCUT2D eigenvalue weighted by molar-refractivity contribution is 0.0491. The van der Waals surface area contributed by atoms with Crippen molar-refractivity contribution < 1.29 is 9.47 Å². The summed E-state index contributed by atoms with van der Waals surface area (Å²) >= 11 is 0. The molecule has 3 rings (SSSR count). The van der Waals surface area contributed by atoms with Crippen molar-refractivity contribution >= 4 is 16.7 Å². The predicted octanol–water partition coefficient (Wildman–Crippen LogP) is 1.36. The van der Waals surface area contributed by atoms with E-state index in [9.17, 15) is 0 Å². The third-order valence-corrected chi connectivity index (χ3v) is 3.48. The normalized spacial score (nSPS) is 16.9. The van der Waals surface area contributed by atoms with E-state index in [-0.39, 0.29) is 0 Å². The smallest absolute Gasteiger partial charge is 0.259 e. The van der Waals surface area contributed by atoms with Gasteiger partial charge in [0, 0.05) is 20.3 Å². The minimum absolute atomic E-state index is 0.541. The van der Waals surface area contributed by atoms with Crippen molar-refractivity contribution in [3.05, 3.63) is 12.3 Å². The summed E-state index contributed by atoms with van der Waals surface area (Å²) in [6.45, 7) is 2.32. The molecule has 0 radical (unpaired) electrons. The summed E-state index contributed by atoms with van der Waals surface area (Å²) in [6, 6.07) is 1.86. The molecule has 19 heavy (non-hydrogen) atoms. The van der Waals surface area contributed by atoms with Crippen molar-refractivity contribution in [2.24, 2.45) is 13.0 Å². The SMILES string of the molecule is Cn1nc(OCC2CCOCC2)c2ncc(N)cc21. The van der Waals surface area contributed by atoms with Crippen LogP contribution in [0.5, 0.6) is 5.88 Å². The molecule has 1 saturated heterocycles. The Morgan fingerprint density at radius 3 is 3.05 bits per heavy atom. The van der Waals surface area contributed by atoms with E-state index in [1.54, 1.807) is 10.9 Å². The number of fused-ring (bicyclic) bond motifs is 1. The first-order valence-electron chi connectivity index (χ1n) is 6.53. The maximum absolute atomic E-state index is 5.83. The second-order valence-corrected chi connectivity index (χ2v) is 4.93. The van der Waals surface area contributed by atoms with Crippen LogP contribution in [0.15, 0.2) is 12.3 Å². The van der Waals surface area contributed by atoms with Crippen molar-refractivity contribution in [3.63, 3.8) is 0 Å². The third kappa shape index (κ3) is 2.49. The molecule has 2 aromatic rings. The van der Waals surface area contributed by atoms with Gasteiger partial charge in [0.1, 0.15) is 0 Å². The molecule has 0 aromatic carbocycles. The van der Waals surface area contributed by atoms with Gasteiger partial charge in [0.2, 0.25) is 0 Å². The Morgan fingerprint density at radius 2 is 2.26 bits per heavy atom. The van der Waals surface area contributed by atoms with Crippen molar-refractivity contribution in [1.29, 1.82) is 0 Å². The van der Waals surface area contributed by atoms with E-state index in [2.05, 4.69) is 10.1 Å². The molecule has 3 heterocycles. The molecule has 0 spiro atoms. The van der Waals surface area contributed by atoms with Gasteiger partial charge in [-0.1, -0.05) is 0 Å². The zero-order valence-electron chi connectivity index (χ0n) is 11.0. The Morgan fingerprint density at radius 1 is 1.47 bits per heavy atom. The van der Waals surface area contributed by atoms with Crippen LogP contribution in [-0.4, -0.2) is 34.6 Å². The average molecular weight is 262 g/mol. The van der Waals surface area contributed by atoms with Crippen LogP contribution in [0.4, 0.5) is 5.69 Å². The van der Waals surface area contributed by atoms with Gasteiger partial charge in [0.25, 0.3) is 5.88 Å². The molecule has 0 unspecified atom stereocenters. The molecule has 0 atom stereocenters. The molecule has 0 bridgehead atoms. The van der Waals surface area contributed by atoms with Crippen molar-refractivity contribution in [3.8, 4) is 5.88 Å². The van der Waals surface area contributed by atoms with E-state index in [4.69, 9.17) is 15.2 Å². The molecule has 0 amide bonds. The Bertz CT molecular complexity index is 575.